The van der Waals surface area contributed by atoms with E-state index in [1.165, 1.54) is 5.56 Å². The van der Waals surface area contributed by atoms with Crippen molar-refractivity contribution in [2.75, 3.05) is 6.54 Å². The van der Waals surface area contributed by atoms with Gasteiger partial charge in [-0.1, -0.05) is 29.8 Å². The lowest BCUT2D eigenvalue weighted by molar-refractivity contribution is 0.183. The fourth-order valence-electron chi connectivity index (χ4n) is 1.55. The van der Waals surface area contributed by atoms with Crippen molar-refractivity contribution in [1.82, 2.24) is 4.98 Å². The van der Waals surface area contributed by atoms with Gasteiger partial charge in [0.2, 0.25) is 0 Å². The molecule has 0 bridgehead atoms. The van der Waals surface area contributed by atoms with Crippen LogP contribution >= 0.6 is 11.3 Å². The summed E-state index contributed by atoms with van der Waals surface area (Å²) in [7, 11) is 0. The Hall–Kier alpha value is -1.23. The number of benzene rings is 1. The second-order valence-electron chi connectivity index (χ2n) is 4.09. The molecule has 90 valence electrons. The van der Waals surface area contributed by atoms with E-state index in [0.717, 1.165) is 16.3 Å². The molecule has 0 amide bonds. The fraction of sp³-hybridized carbons (Fsp3) is 0.308. The summed E-state index contributed by atoms with van der Waals surface area (Å²) in [6.07, 6.45) is 0.0412. The van der Waals surface area contributed by atoms with E-state index in [-0.39, 0.29) is 6.54 Å². The second kappa shape index (κ2) is 5.40. The first-order chi connectivity index (χ1) is 8.19. The van der Waals surface area contributed by atoms with Crippen LogP contribution in [0.5, 0.6) is 0 Å². The standard InChI is InChI=1S/C13H16N2OS/c1-9-2-4-10(5-3-9)12-8-17-13(15-12)6-11(16)7-14/h2-5,8,11,16H,6-7,14H2,1H3. The maximum Gasteiger partial charge on any atom is 0.0958 e. The van der Waals surface area contributed by atoms with Crippen molar-refractivity contribution in [3.63, 3.8) is 0 Å². The number of rotatable bonds is 4. The van der Waals surface area contributed by atoms with Crippen molar-refractivity contribution in [3.8, 4) is 11.3 Å². The lowest BCUT2D eigenvalue weighted by atomic mass is 10.1. The normalized spacial score (nSPS) is 12.6. The zero-order valence-electron chi connectivity index (χ0n) is 9.76. The molecule has 2 rings (SSSR count). The van der Waals surface area contributed by atoms with Gasteiger partial charge in [0, 0.05) is 23.9 Å². The molecule has 17 heavy (non-hydrogen) atoms. The third kappa shape index (κ3) is 3.12. The minimum atomic E-state index is -0.494. The number of aliphatic hydroxyl groups is 1. The van der Waals surface area contributed by atoms with Gasteiger partial charge in [0.15, 0.2) is 0 Å². The average molecular weight is 248 g/mol. The van der Waals surface area contributed by atoms with Crippen LogP contribution in [-0.2, 0) is 6.42 Å². The summed E-state index contributed by atoms with van der Waals surface area (Å²) >= 11 is 1.57. The molecule has 4 heteroatoms. The topological polar surface area (TPSA) is 59.1 Å². The van der Waals surface area contributed by atoms with E-state index in [2.05, 4.69) is 36.2 Å². The third-order valence-electron chi connectivity index (χ3n) is 2.58. The summed E-state index contributed by atoms with van der Waals surface area (Å²) in [5, 5.41) is 12.4. The Balaban J connectivity index is 2.15. The van der Waals surface area contributed by atoms with Gasteiger partial charge in [-0.05, 0) is 6.92 Å². The Labute approximate surface area is 105 Å². The summed E-state index contributed by atoms with van der Waals surface area (Å²) in [4.78, 5) is 4.50. The van der Waals surface area contributed by atoms with Gasteiger partial charge in [-0.3, -0.25) is 0 Å². The Morgan fingerprint density at radius 1 is 1.35 bits per heavy atom. The number of thiazole rings is 1. The summed E-state index contributed by atoms with van der Waals surface area (Å²) in [6.45, 7) is 2.34. The van der Waals surface area contributed by atoms with Crippen LogP contribution in [0.2, 0.25) is 0 Å². The number of aromatic nitrogens is 1. The van der Waals surface area contributed by atoms with E-state index in [9.17, 15) is 5.11 Å². The molecule has 0 saturated carbocycles. The SMILES string of the molecule is Cc1ccc(-c2csc(CC(O)CN)n2)cc1. The number of hydrogen-bond donors (Lipinski definition) is 2. The highest BCUT2D eigenvalue weighted by Crippen LogP contribution is 2.22. The van der Waals surface area contributed by atoms with Crippen molar-refractivity contribution in [1.29, 1.82) is 0 Å². The maximum absolute atomic E-state index is 9.47. The molecule has 1 heterocycles. The van der Waals surface area contributed by atoms with Gasteiger partial charge in [0.05, 0.1) is 16.8 Å². The van der Waals surface area contributed by atoms with Crippen LogP contribution in [0.15, 0.2) is 29.6 Å². The van der Waals surface area contributed by atoms with Gasteiger partial charge in [-0.15, -0.1) is 11.3 Å². The summed E-state index contributed by atoms with van der Waals surface area (Å²) in [5.41, 5.74) is 8.70. The third-order valence-corrected chi connectivity index (χ3v) is 3.45. The summed E-state index contributed by atoms with van der Waals surface area (Å²) in [6, 6.07) is 8.27. The van der Waals surface area contributed by atoms with E-state index in [1.807, 2.05) is 5.38 Å². The molecule has 0 radical (unpaired) electrons. The van der Waals surface area contributed by atoms with Gasteiger partial charge in [-0.25, -0.2) is 4.98 Å². The van der Waals surface area contributed by atoms with Crippen molar-refractivity contribution in [2.45, 2.75) is 19.4 Å². The molecule has 3 nitrogen and oxygen atoms in total. The van der Waals surface area contributed by atoms with Crippen LogP contribution in [-0.4, -0.2) is 22.7 Å². The lowest BCUT2D eigenvalue weighted by Crippen LogP contribution is -2.21. The molecule has 1 unspecified atom stereocenters. The maximum atomic E-state index is 9.47. The molecule has 0 spiro atoms. The highest BCUT2D eigenvalue weighted by Gasteiger charge is 2.08. The van der Waals surface area contributed by atoms with Crippen molar-refractivity contribution < 1.29 is 5.11 Å². The summed E-state index contributed by atoms with van der Waals surface area (Å²) in [5.74, 6) is 0. The second-order valence-corrected chi connectivity index (χ2v) is 5.03. The predicted octanol–water partition coefficient (Wildman–Crippen LogP) is 1.98. The zero-order valence-corrected chi connectivity index (χ0v) is 10.6. The minimum absolute atomic E-state index is 0.277. The molecular formula is C13H16N2OS. The van der Waals surface area contributed by atoms with Gasteiger partial charge < -0.3 is 10.8 Å². The molecule has 3 N–H and O–H groups in total. The molecular weight excluding hydrogens is 232 g/mol. The molecule has 0 aliphatic heterocycles. The molecule has 2 aromatic rings. The van der Waals surface area contributed by atoms with E-state index in [4.69, 9.17) is 5.73 Å². The Kier molecular flexibility index (Phi) is 3.89. The number of nitrogens with two attached hydrogens (primary N) is 1. The number of aliphatic hydroxyl groups excluding tert-OH is 1. The smallest absolute Gasteiger partial charge is 0.0958 e. The first kappa shape index (κ1) is 12.2. The number of hydrogen-bond acceptors (Lipinski definition) is 4. The monoisotopic (exact) mass is 248 g/mol. The van der Waals surface area contributed by atoms with Gasteiger partial charge in [0.1, 0.15) is 0 Å². The van der Waals surface area contributed by atoms with E-state index >= 15 is 0 Å². The lowest BCUT2D eigenvalue weighted by Gasteiger charge is -2.03. The Morgan fingerprint density at radius 3 is 2.71 bits per heavy atom. The van der Waals surface area contributed by atoms with Crippen LogP contribution in [0.25, 0.3) is 11.3 Å². The highest BCUT2D eigenvalue weighted by molar-refractivity contribution is 7.09. The number of aryl methyl sites for hydroxylation is 1. The van der Waals surface area contributed by atoms with Gasteiger partial charge in [0.25, 0.3) is 0 Å². The quantitative estimate of drug-likeness (QED) is 0.870. The molecule has 1 aromatic heterocycles. The van der Waals surface area contributed by atoms with Crippen molar-refractivity contribution in [2.24, 2.45) is 5.73 Å². The first-order valence-corrected chi connectivity index (χ1v) is 6.46. The molecule has 0 aliphatic rings. The minimum Gasteiger partial charge on any atom is -0.391 e. The Bertz CT molecular complexity index is 478. The predicted molar refractivity (Wildman–Crippen MR) is 71.1 cm³/mol. The molecule has 1 atom stereocenters. The molecule has 0 saturated heterocycles. The van der Waals surface area contributed by atoms with Crippen LogP contribution in [0.4, 0.5) is 0 Å². The van der Waals surface area contributed by atoms with Gasteiger partial charge in [-0.2, -0.15) is 0 Å². The van der Waals surface area contributed by atoms with Gasteiger partial charge >= 0.3 is 0 Å². The first-order valence-electron chi connectivity index (χ1n) is 5.58. The zero-order chi connectivity index (χ0) is 12.3. The van der Waals surface area contributed by atoms with Crippen molar-refractivity contribution in [3.05, 3.63) is 40.2 Å². The molecule has 1 aromatic carbocycles. The van der Waals surface area contributed by atoms with Crippen LogP contribution in [0, 0.1) is 6.92 Å². The molecule has 0 aliphatic carbocycles. The van der Waals surface area contributed by atoms with Crippen LogP contribution in [0.3, 0.4) is 0 Å². The summed E-state index contributed by atoms with van der Waals surface area (Å²) < 4.78 is 0. The number of nitrogens with zero attached hydrogens (tertiary/aromatic N) is 1. The van der Waals surface area contributed by atoms with E-state index < -0.39 is 6.10 Å². The largest absolute Gasteiger partial charge is 0.391 e. The van der Waals surface area contributed by atoms with Crippen LogP contribution in [0.1, 0.15) is 10.6 Å². The van der Waals surface area contributed by atoms with E-state index in [1.54, 1.807) is 11.3 Å². The highest BCUT2D eigenvalue weighted by atomic mass is 32.1. The average Bonchev–Trinajstić information content (AvgIpc) is 2.78. The van der Waals surface area contributed by atoms with Crippen LogP contribution < -0.4 is 5.73 Å². The molecule has 0 fully saturated rings. The Morgan fingerprint density at radius 2 is 2.06 bits per heavy atom. The van der Waals surface area contributed by atoms with Crippen molar-refractivity contribution >= 4 is 11.3 Å². The van der Waals surface area contributed by atoms with E-state index in [0.29, 0.717) is 6.42 Å². The fourth-order valence-corrected chi connectivity index (χ4v) is 2.42.